The second kappa shape index (κ2) is 8.48. The molecular weight excluding hydrogens is 252 g/mol. The molecule has 18 heavy (non-hydrogen) atoms. The minimum atomic E-state index is -0.961. The maximum Gasteiger partial charge on any atom is 0.314 e. The Morgan fingerprint density at radius 3 is 2.44 bits per heavy atom. The molecule has 0 radical (unpaired) electrons. The molecule has 6 heteroatoms. The lowest BCUT2D eigenvalue weighted by atomic mass is 10.2. The van der Waals surface area contributed by atoms with Crippen molar-refractivity contribution in [3.63, 3.8) is 0 Å². The SMILES string of the molecule is CCCC(O)CNC(=O)NCCS(=O)C(C)(C)C. The van der Waals surface area contributed by atoms with Crippen LogP contribution in [0.1, 0.15) is 40.5 Å². The number of hydrogen-bond donors (Lipinski definition) is 3. The normalized spacial score (nSPS) is 14.9. The van der Waals surface area contributed by atoms with E-state index < -0.39 is 16.9 Å². The van der Waals surface area contributed by atoms with Crippen molar-refractivity contribution in [3.05, 3.63) is 0 Å². The molecule has 0 aromatic carbocycles. The van der Waals surface area contributed by atoms with Gasteiger partial charge in [-0.2, -0.15) is 0 Å². The Bertz CT molecular complexity index is 277. The van der Waals surface area contributed by atoms with E-state index in [0.717, 1.165) is 6.42 Å². The first-order chi connectivity index (χ1) is 8.27. The lowest BCUT2D eigenvalue weighted by Crippen LogP contribution is -2.41. The van der Waals surface area contributed by atoms with Crippen molar-refractivity contribution < 1.29 is 14.1 Å². The third-order valence-electron chi connectivity index (χ3n) is 2.38. The fourth-order valence-corrected chi connectivity index (χ4v) is 2.17. The second-order valence-corrected chi connectivity index (χ2v) is 7.57. The van der Waals surface area contributed by atoms with Gasteiger partial charge in [-0.25, -0.2) is 4.79 Å². The number of hydrogen-bond acceptors (Lipinski definition) is 3. The van der Waals surface area contributed by atoms with Gasteiger partial charge >= 0.3 is 6.03 Å². The third-order valence-corrected chi connectivity index (χ3v) is 4.32. The van der Waals surface area contributed by atoms with E-state index in [9.17, 15) is 14.1 Å². The molecule has 0 saturated heterocycles. The standard InChI is InChI=1S/C12H26N2O3S/c1-5-6-10(15)9-14-11(16)13-7-8-18(17)12(2,3)4/h10,15H,5-9H2,1-4H3,(H2,13,14,16). The van der Waals surface area contributed by atoms with Crippen molar-refractivity contribution in [2.24, 2.45) is 0 Å². The minimum absolute atomic E-state index is 0.252. The average Bonchev–Trinajstić information content (AvgIpc) is 2.25. The molecule has 0 aliphatic rings. The first-order valence-electron chi connectivity index (χ1n) is 6.35. The zero-order valence-corrected chi connectivity index (χ0v) is 12.6. The van der Waals surface area contributed by atoms with Crippen LogP contribution in [0.25, 0.3) is 0 Å². The summed E-state index contributed by atoms with van der Waals surface area (Å²) < 4.78 is 11.4. The van der Waals surface area contributed by atoms with E-state index in [1.165, 1.54) is 0 Å². The van der Waals surface area contributed by atoms with Crippen molar-refractivity contribution >= 4 is 16.8 Å². The Kier molecular flexibility index (Phi) is 8.18. The molecule has 0 spiro atoms. The monoisotopic (exact) mass is 278 g/mol. The van der Waals surface area contributed by atoms with E-state index in [2.05, 4.69) is 10.6 Å². The highest BCUT2D eigenvalue weighted by Crippen LogP contribution is 2.10. The second-order valence-electron chi connectivity index (χ2n) is 5.24. The minimum Gasteiger partial charge on any atom is -0.391 e. The first-order valence-corrected chi connectivity index (χ1v) is 7.67. The molecule has 108 valence electrons. The molecule has 5 nitrogen and oxygen atoms in total. The van der Waals surface area contributed by atoms with Gasteiger partial charge < -0.3 is 15.7 Å². The molecule has 0 fully saturated rings. The highest BCUT2D eigenvalue weighted by Gasteiger charge is 2.18. The average molecular weight is 278 g/mol. The van der Waals surface area contributed by atoms with Gasteiger partial charge in [0, 0.05) is 34.4 Å². The fourth-order valence-electron chi connectivity index (χ4n) is 1.27. The van der Waals surface area contributed by atoms with E-state index >= 15 is 0 Å². The lowest BCUT2D eigenvalue weighted by Gasteiger charge is -2.18. The van der Waals surface area contributed by atoms with Gasteiger partial charge in [-0.1, -0.05) is 13.3 Å². The van der Waals surface area contributed by atoms with Gasteiger partial charge in [-0.05, 0) is 27.2 Å². The van der Waals surface area contributed by atoms with Crippen molar-refractivity contribution in [2.45, 2.75) is 51.4 Å². The zero-order valence-electron chi connectivity index (χ0n) is 11.8. The third kappa shape index (κ3) is 8.47. The van der Waals surface area contributed by atoms with Crippen LogP contribution >= 0.6 is 0 Å². The number of urea groups is 1. The largest absolute Gasteiger partial charge is 0.391 e. The summed E-state index contributed by atoms with van der Waals surface area (Å²) in [6.07, 6.45) is 1.06. The molecule has 0 aliphatic heterocycles. The maximum atomic E-state index is 11.7. The first kappa shape index (κ1) is 17.4. The number of carbonyl (C=O) groups excluding carboxylic acids is 1. The Hall–Kier alpha value is -0.620. The highest BCUT2D eigenvalue weighted by molar-refractivity contribution is 7.86. The fraction of sp³-hybridized carbons (Fsp3) is 0.917. The topological polar surface area (TPSA) is 78.4 Å². The van der Waals surface area contributed by atoms with E-state index in [1.54, 1.807) is 0 Å². The van der Waals surface area contributed by atoms with E-state index in [4.69, 9.17) is 0 Å². The number of rotatable bonds is 7. The highest BCUT2D eigenvalue weighted by atomic mass is 32.2. The van der Waals surface area contributed by atoms with Crippen molar-refractivity contribution in [1.82, 2.24) is 10.6 Å². The zero-order chi connectivity index (χ0) is 14.2. The number of nitrogens with one attached hydrogen (secondary N) is 2. The molecule has 0 aliphatic carbocycles. The van der Waals surface area contributed by atoms with Crippen molar-refractivity contribution in [2.75, 3.05) is 18.8 Å². The van der Waals surface area contributed by atoms with Gasteiger partial charge in [0.05, 0.1) is 6.10 Å². The molecule has 0 aromatic rings. The molecule has 0 aromatic heterocycles. The van der Waals surface area contributed by atoms with Gasteiger partial charge in [-0.3, -0.25) is 4.21 Å². The molecule has 0 rings (SSSR count). The molecule has 2 atom stereocenters. The Balaban J connectivity index is 3.69. The van der Waals surface area contributed by atoms with E-state index in [0.29, 0.717) is 18.7 Å². The maximum absolute atomic E-state index is 11.7. The summed E-state index contributed by atoms with van der Waals surface area (Å²) in [7, 11) is -0.961. The molecule has 0 bridgehead atoms. The summed E-state index contributed by atoms with van der Waals surface area (Å²) in [6.45, 7) is 8.32. The van der Waals surface area contributed by atoms with Crippen LogP contribution in [-0.2, 0) is 10.8 Å². The van der Waals surface area contributed by atoms with Crippen molar-refractivity contribution in [3.8, 4) is 0 Å². The predicted molar refractivity (Wildman–Crippen MR) is 75.1 cm³/mol. The van der Waals surface area contributed by atoms with Crippen LogP contribution in [0.4, 0.5) is 4.79 Å². The van der Waals surface area contributed by atoms with E-state index in [1.807, 2.05) is 27.7 Å². The molecule has 2 amide bonds. The summed E-state index contributed by atoms with van der Waals surface area (Å²) >= 11 is 0. The van der Waals surface area contributed by atoms with Gasteiger partial charge in [0.1, 0.15) is 0 Å². The summed E-state index contributed by atoms with van der Waals surface area (Å²) in [5, 5.41) is 14.6. The molecule has 0 heterocycles. The van der Waals surface area contributed by atoms with Crippen LogP contribution in [0.5, 0.6) is 0 Å². The van der Waals surface area contributed by atoms with E-state index in [-0.39, 0.29) is 17.3 Å². The Labute approximate surface area is 112 Å². The predicted octanol–water partition coefficient (Wildman–Crippen LogP) is 0.994. The Morgan fingerprint density at radius 2 is 1.94 bits per heavy atom. The molecule has 3 N–H and O–H groups in total. The summed E-state index contributed by atoms with van der Waals surface area (Å²) in [6, 6.07) is -0.323. The number of amides is 2. The lowest BCUT2D eigenvalue weighted by molar-refractivity contribution is 0.160. The van der Waals surface area contributed by atoms with Gasteiger partial charge in [0.2, 0.25) is 0 Å². The summed E-state index contributed by atoms with van der Waals surface area (Å²) in [5.41, 5.74) is 0. The summed E-state index contributed by atoms with van der Waals surface area (Å²) in [5.74, 6) is 0.439. The van der Waals surface area contributed by atoms with Crippen LogP contribution in [-0.4, -0.2) is 45.0 Å². The Morgan fingerprint density at radius 1 is 1.33 bits per heavy atom. The van der Waals surface area contributed by atoms with Gasteiger partial charge in [-0.15, -0.1) is 0 Å². The quantitative estimate of drug-likeness (QED) is 0.650. The number of carbonyl (C=O) groups is 1. The van der Waals surface area contributed by atoms with Gasteiger partial charge in [0.25, 0.3) is 0 Å². The summed E-state index contributed by atoms with van der Waals surface area (Å²) in [4.78, 5) is 11.4. The van der Waals surface area contributed by atoms with Crippen molar-refractivity contribution in [1.29, 1.82) is 0 Å². The molecule has 2 unspecified atom stereocenters. The van der Waals surface area contributed by atoms with Crippen LogP contribution in [0.15, 0.2) is 0 Å². The smallest absolute Gasteiger partial charge is 0.314 e. The van der Waals surface area contributed by atoms with Crippen LogP contribution in [0.2, 0.25) is 0 Å². The number of aliphatic hydroxyl groups is 1. The van der Waals surface area contributed by atoms with Crippen LogP contribution < -0.4 is 10.6 Å². The number of aliphatic hydroxyl groups excluding tert-OH is 1. The molecular formula is C12H26N2O3S. The molecule has 0 saturated carbocycles. The van der Waals surface area contributed by atoms with Crippen LogP contribution in [0.3, 0.4) is 0 Å². The van der Waals surface area contributed by atoms with Crippen LogP contribution in [0, 0.1) is 0 Å². The van der Waals surface area contributed by atoms with Gasteiger partial charge in [0.15, 0.2) is 0 Å².